The van der Waals surface area contributed by atoms with Crippen molar-refractivity contribution in [1.82, 2.24) is 0 Å². The first kappa shape index (κ1) is 25.2. The molecule has 27 heavy (non-hydrogen) atoms. The summed E-state index contributed by atoms with van der Waals surface area (Å²) in [6.45, 7) is 0. The second kappa shape index (κ2) is 9.35. The second-order valence-electron chi connectivity index (χ2n) is 5.28. The summed E-state index contributed by atoms with van der Waals surface area (Å²) in [5.74, 6) is 0. The average molecular weight is 462 g/mol. The maximum absolute atomic E-state index is 11.3. The van der Waals surface area contributed by atoms with Crippen molar-refractivity contribution in [2.24, 2.45) is 0 Å². The minimum atomic E-state index is -5.36. The Morgan fingerprint density at radius 3 is 0.852 bits per heavy atom. The van der Waals surface area contributed by atoms with Crippen LogP contribution in [-0.2, 0) is 41.5 Å². The third kappa shape index (κ3) is 7.52. The predicted octanol–water partition coefficient (Wildman–Crippen LogP) is -1.52. The molecule has 0 aromatic rings. The van der Waals surface area contributed by atoms with Gasteiger partial charge in [-0.1, -0.05) is 0 Å². The topological polar surface area (TPSA) is 228 Å². The van der Waals surface area contributed by atoms with Crippen LogP contribution >= 0.6 is 23.5 Å². The summed E-state index contributed by atoms with van der Waals surface area (Å²) in [5, 5.41) is 0. The Labute approximate surface area is 153 Å². The Balaban J connectivity index is 3.53. The smallest absolute Gasteiger partial charge is 0.376 e. The van der Waals surface area contributed by atoms with Crippen LogP contribution in [0.25, 0.3) is 0 Å². The van der Waals surface area contributed by atoms with Gasteiger partial charge < -0.3 is 43.6 Å². The fourth-order valence-electron chi connectivity index (χ4n) is 2.76. The van der Waals surface area contributed by atoms with Crippen LogP contribution in [0, 0.1) is 0 Å². The van der Waals surface area contributed by atoms with E-state index >= 15 is 0 Å². The van der Waals surface area contributed by atoms with Gasteiger partial charge in [0.15, 0.2) is 0 Å². The summed E-state index contributed by atoms with van der Waals surface area (Å²) in [6, 6.07) is 0. The molecule has 0 aliphatic heterocycles. The molecular formula is C9H21O15P3. The number of methoxy groups -OCH3 is 3. The first-order valence-electron chi connectivity index (χ1n) is 6.93. The molecule has 0 heterocycles. The SMILES string of the molecule is COC1[C@@H](OC)[C@@H](OP(=O)(O)O)C(OP(=O)(O)O)[C@H](OP(=O)(O)O)[C@H]1OC. The van der Waals surface area contributed by atoms with Crippen molar-refractivity contribution in [3.8, 4) is 0 Å². The van der Waals surface area contributed by atoms with E-state index in [1.54, 1.807) is 0 Å². The highest BCUT2D eigenvalue weighted by Crippen LogP contribution is 2.51. The summed E-state index contributed by atoms with van der Waals surface area (Å²) in [4.78, 5) is 54.7. The Hall–Kier alpha value is 0.210. The van der Waals surface area contributed by atoms with E-state index in [0.29, 0.717) is 0 Å². The van der Waals surface area contributed by atoms with Crippen molar-refractivity contribution < 1.29 is 70.8 Å². The van der Waals surface area contributed by atoms with E-state index in [-0.39, 0.29) is 0 Å². The second-order valence-corrected chi connectivity index (χ2v) is 8.86. The highest BCUT2D eigenvalue weighted by molar-refractivity contribution is 7.47. The molecule has 18 heteroatoms. The Morgan fingerprint density at radius 2 is 0.667 bits per heavy atom. The number of hydrogen-bond acceptors (Lipinski definition) is 9. The molecule has 15 nitrogen and oxygen atoms in total. The highest BCUT2D eigenvalue weighted by Gasteiger charge is 2.58. The lowest BCUT2D eigenvalue weighted by Gasteiger charge is -2.47. The highest BCUT2D eigenvalue weighted by atomic mass is 31.2. The molecule has 1 rings (SSSR count). The van der Waals surface area contributed by atoms with Gasteiger partial charge in [-0.3, -0.25) is 13.6 Å². The van der Waals surface area contributed by atoms with Crippen LogP contribution in [0.4, 0.5) is 0 Å². The van der Waals surface area contributed by atoms with E-state index in [1.165, 1.54) is 0 Å². The van der Waals surface area contributed by atoms with Crippen LogP contribution in [0.2, 0.25) is 0 Å². The van der Waals surface area contributed by atoms with Crippen molar-refractivity contribution in [3.63, 3.8) is 0 Å². The molecule has 0 amide bonds. The third-order valence-electron chi connectivity index (χ3n) is 3.54. The normalized spacial score (nSPS) is 33.2. The molecule has 162 valence electrons. The number of rotatable bonds is 9. The van der Waals surface area contributed by atoms with Gasteiger partial charge in [-0.2, -0.15) is 0 Å². The number of phosphoric acid groups is 3. The van der Waals surface area contributed by atoms with E-state index in [1.807, 2.05) is 0 Å². The van der Waals surface area contributed by atoms with E-state index in [4.69, 9.17) is 43.6 Å². The van der Waals surface area contributed by atoms with Crippen LogP contribution < -0.4 is 0 Å². The molecule has 0 radical (unpaired) electrons. The van der Waals surface area contributed by atoms with Crippen LogP contribution in [0.3, 0.4) is 0 Å². The standard InChI is InChI=1S/C9H21O15P3/c1-19-4-5(20-2)7(22-25(10,11)12)9(24-27(16,17)18)8(6(4)21-3)23-26(13,14)15/h4-9H,1-3H3,(H2,10,11,12)(H2,13,14,15)(H2,16,17,18)/t4?,5-,6+,7-,8-,9?/m1/s1. The van der Waals surface area contributed by atoms with E-state index in [2.05, 4.69) is 13.6 Å². The zero-order valence-electron chi connectivity index (χ0n) is 14.2. The Bertz CT molecular complexity index is 582. The lowest BCUT2D eigenvalue weighted by Crippen LogP contribution is -2.66. The minimum Gasteiger partial charge on any atom is -0.376 e. The lowest BCUT2D eigenvalue weighted by atomic mass is 9.84. The van der Waals surface area contributed by atoms with Crippen LogP contribution in [-0.4, -0.2) is 87.3 Å². The van der Waals surface area contributed by atoms with Gasteiger partial charge in [0.1, 0.15) is 36.6 Å². The van der Waals surface area contributed by atoms with Crippen LogP contribution in [0.5, 0.6) is 0 Å². The predicted molar refractivity (Wildman–Crippen MR) is 83.1 cm³/mol. The largest absolute Gasteiger partial charge is 0.470 e. The van der Waals surface area contributed by atoms with Gasteiger partial charge in [-0.15, -0.1) is 0 Å². The van der Waals surface area contributed by atoms with Crippen molar-refractivity contribution in [2.75, 3.05) is 21.3 Å². The molecule has 1 aliphatic carbocycles. The van der Waals surface area contributed by atoms with Crippen molar-refractivity contribution >= 4 is 23.5 Å². The van der Waals surface area contributed by atoms with Crippen molar-refractivity contribution in [2.45, 2.75) is 36.6 Å². The maximum Gasteiger partial charge on any atom is 0.470 e. The molecule has 6 atom stereocenters. The van der Waals surface area contributed by atoms with E-state index in [9.17, 15) is 13.7 Å². The quantitative estimate of drug-likeness (QED) is 0.214. The summed E-state index contributed by atoms with van der Waals surface area (Å²) < 4.78 is 62.6. The van der Waals surface area contributed by atoms with Gasteiger partial charge in [-0.05, 0) is 0 Å². The monoisotopic (exact) mass is 462 g/mol. The van der Waals surface area contributed by atoms with Gasteiger partial charge >= 0.3 is 23.5 Å². The van der Waals surface area contributed by atoms with Gasteiger partial charge in [0.2, 0.25) is 0 Å². The summed E-state index contributed by atoms with van der Waals surface area (Å²) in [7, 11) is -12.7. The molecule has 0 saturated heterocycles. The fraction of sp³-hybridized carbons (Fsp3) is 1.00. The molecule has 1 fully saturated rings. The van der Waals surface area contributed by atoms with Gasteiger partial charge in [0.25, 0.3) is 0 Å². The van der Waals surface area contributed by atoms with Crippen molar-refractivity contribution in [1.29, 1.82) is 0 Å². The molecule has 0 spiro atoms. The minimum absolute atomic E-state index is 1.07. The molecule has 2 unspecified atom stereocenters. The molecule has 6 N–H and O–H groups in total. The molecule has 1 saturated carbocycles. The summed E-state index contributed by atoms with van der Waals surface area (Å²) in [5.41, 5.74) is 0. The molecule has 0 aromatic carbocycles. The number of ether oxygens (including phenoxy) is 3. The molecule has 0 bridgehead atoms. The van der Waals surface area contributed by atoms with Crippen molar-refractivity contribution in [3.05, 3.63) is 0 Å². The van der Waals surface area contributed by atoms with E-state index < -0.39 is 60.1 Å². The van der Waals surface area contributed by atoms with Gasteiger partial charge in [0, 0.05) is 21.3 Å². The van der Waals surface area contributed by atoms with Crippen LogP contribution in [0.1, 0.15) is 0 Å². The third-order valence-corrected chi connectivity index (χ3v) is 5.09. The molecular weight excluding hydrogens is 441 g/mol. The summed E-state index contributed by atoms with van der Waals surface area (Å²) in [6.07, 6.45) is -10.3. The zero-order valence-corrected chi connectivity index (χ0v) is 16.8. The van der Waals surface area contributed by atoms with Gasteiger partial charge in [0.05, 0.1) is 0 Å². The summed E-state index contributed by atoms with van der Waals surface area (Å²) >= 11 is 0. The average Bonchev–Trinajstić information content (AvgIpc) is 2.46. The Kier molecular flexibility index (Phi) is 8.74. The molecule has 0 aromatic heterocycles. The molecule has 1 aliphatic rings. The maximum atomic E-state index is 11.3. The first-order valence-corrected chi connectivity index (χ1v) is 11.5. The lowest BCUT2D eigenvalue weighted by molar-refractivity contribution is -0.232. The first-order chi connectivity index (χ1) is 12.1. The Morgan fingerprint density at radius 1 is 0.481 bits per heavy atom. The van der Waals surface area contributed by atoms with E-state index in [0.717, 1.165) is 21.3 Å². The zero-order chi connectivity index (χ0) is 21.2. The van der Waals surface area contributed by atoms with Gasteiger partial charge in [-0.25, -0.2) is 13.7 Å². The fourth-order valence-corrected chi connectivity index (χ4v) is 4.43. The van der Waals surface area contributed by atoms with Crippen LogP contribution in [0.15, 0.2) is 0 Å². The number of phosphoric ester groups is 3. The number of hydrogen-bond donors (Lipinski definition) is 6.